The second kappa shape index (κ2) is 4.67. The van der Waals surface area contributed by atoms with Gasteiger partial charge in [0, 0.05) is 11.4 Å². The number of hydrogen-bond donors (Lipinski definition) is 1. The Hall–Kier alpha value is -1.87. The highest BCUT2D eigenvalue weighted by molar-refractivity contribution is 9.10. The van der Waals surface area contributed by atoms with Crippen LogP contribution in [0.5, 0.6) is 0 Å². The van der Waals surface area contributed by atoms with Gasteiger partial charge in [-0.05, 0) is 49.6 Å². The van der Waals surface area contributed by atoms with E-state index < -0.39 is 0 Å². The van der Waals surface area contributed by atoms with E-state index in [1.807, 2.05) is 24.3 Å². The Morgan fingerprint density at radius 3 is 2.53 bits per heavy atom. The average molecular weight is 314 g/mol. The Balaban J connectivity index is 2.34. The summed E-state index contributed by atoms with van der Waals surface area (Å²) in [6.07, 6.45) is 0. The van der Waals surface area contributed by atoms with Crippen molar-refractivity contribution in [1.82, 2.24) is 0 Å². The molecule has 0 saturated heterocycles. The van der Waals surface area contributed by atoms with E-state index in [1.165, 1.54) is 17.7 Å². The van der Waals surface area contributed by atoms with Crippen molar-refractivity contribution >= 4 is 49.1 Å². The van der Waals surface area contributed by atoms with Crippen LogP contribution in [0, 0.1) is 0 Å². The topological polar surface area (TPSA) is 29.1 Å². The Bertz CT molecular complexity index is 795. The van der Waals surface area contributed by atoms with Crippen LogP contribution in [0.1, 0.15) is 6.92 Å². The molecule has 0 fully saturated rings. The van der Waals surface area contributed by atoms with Gasteiger partial charge in [-0.15, -0.1) is 0 Å². The van der Waals surface area contributed by atoms with Gasteiger partial charge in [0.25, 0.3) is 0 Å². The van der Waals surface area contributed by atoms with Gasteiger partial charge in [0.2, 0.25) is 5.91 Å². The van der Waals surface area contributed by atoms with Gasteiger partial charge in [-0.25, -0.2) is 0 Å². The van der Waals surface area contributed by atoms with Gasteiger partial charge in [-0.3, -0.25) is 4.79 Å². The van der Waals surface area contributed by atoms with Crippen molar-refractivity contribution in [1.29, 1.82) is 0 Å². The predicted molar refractivity (Wildman–Crippen MR) is 83.5 cm³/mol. The fraction of sp³-hybridized carbons (Fsp3) is 0.0625. The van der Waals surface area contributed by atoms with E-state index in [2.05, 4.69) is 45.5 Å². The maximum Gasteiger partial charge on any atom is 0.221 e. The first-order chi connectivity index (χ1) is 9.15. The molecule has 0 bridgehead atoms. The first-order valence-corrected chi connectivity index (χ1v) is 6.83. The van der Waals surface area contributed by atoms with Crippen LogP contribution in [0.4, 0.5) is 5.69 Å². The molecule has 94 valence electrons. The van der Waals surface area contributed by atoms with Crippen LogP contribution in [-0.4, -0.2) is 5.91 Å². The summed E-state index contributed by atoms with van der Waals surface area (Å²) in [5.74, 6) is -0.0692. The van der Waals surface area contributed by atoms with Crippen molar-refractivity contribution in [3.05, 3.63) is 53.0 Å². The van der Waals surface area contributed by atoms with Gasteiger partial charge in [0.15, 0.2) is 0 Å². The highest BCUT2D eigenvalue weighted by atomic mass is 79.9. The smallest absolute Gasteiger partial charge is 0.221 e. The third-order valence-corrected chi connectivity index (χ3v) is 3.80. The number of anilines is 1. The Kier molecular flexibility index (Phi) is 2.99. The van der Waals surface area contributed by atoms with Crippen molar-refractivity contribution in [2.75, 3.05) is 5.32 Å². The first kappa shape index (κ1) is 12.2. The van der Waals surface area contributed by atoms with Gasteiger partial charge in [0.05, 0.1) is 5.69 Å². The average Bonchev–Trinajstić information content (AvgIpc) is 2.39. The molecule has 0 aliphatic carbocycles. The van der Waals surface area contributed by atoms with Crippen molar-refractivity contribution < 1.29 is 4.79 Å². The molecule has 1 amide bonds. The third-order valence-electron chi connectivity index (χ3n) is 3.14. The summed E-state index contributed by atoms with van der Waals surface area (Å²) >= 11 is 3.50. The largest absolute Gasteiger partial charge is 0.325 e. The predicted octanol–water partition coefficient (Wildman–Crippen LogP) is 4.71. The molecule has 1 N–H and O–H groups in total. The van der Waals surface area contributed by atoms with E-state index in [0.717, 1.165) is 20.9 Å². The lowest BCUT2D eigenvalue weighted by Gasteiger charge is -2.09. The number of rotatable bonds is 1. The third kappa shape index (κ3) is 2.22. The van der Waals surface area contributed by atoms with Crippen LogP contribution in [0.15, 0.2) is 53.0 Å². The summed E-state index contributed by atoms with van der Waals surface area (Å²) in [4.78, 5) is 11.2. The molecule has 3 heteroatoms. The summed E-state index contributed by atoms with van der Waals surface area (Å²) in [7, 11) is 0. The van der Waals surface area contributed by atoms with Gasteiger partial charge < -0.3 is 5.32 Å². The molecule has 0 atom stereocenters. The van der Waals surface area contributed by atoms with E-state index in [1.54, 1.807) is 0 Å². The fourth-order valence-electron chi connectivity index (χ4n) is 2.31. The number of nitrogens with one attached hydrogen (secondary N) is 1. The highest BCUT2D eigenvalue weighted by Gasteiger charge is 2.06. The Labute approximate surface area is 119 Å². The van der Waals surface area contributed by atoms with E-state index >= 15 is 0 Å². The van der Waals surface area contributed by atoms with Crippen LogP contribution in [0.25, 0.3) is 21.5 Å². The van der Waals surface area contributed by atoms with E-state index in [0.29, 0.717) is 0 Å². The molecule has 0 aromatic heterocycles. The molecule has 19 heavy (non-hydrogen) atoms. The van der Waals surface area contributed by atoms with Gasteiger partial charge in [-0.1, -0.05) is 36.4 Å². The van der Waals surface area contributed by atoms with E-state index in [4.69, 9.17) is 0 Å². The van der Waals surface area contributed by atoms with Crippen molar-refractivity contribution in [2.45, 2.75) is 6.92 Å². The lowest BCUT2D eigenvalue weighted by molar-refractivity contribution is -0.114. The van der Waals surface area contributed by atoms with Crippen molar-refractivity contribution in [2.24, 2.45) is 0 Å². The van der Waals surface area contributed by atoms with Gasteiger partial charge in [-0.2, -0.15) is 0 Å². The molecule has 0 saturated carbocycles. The van der Waals surface area contributed by atoms with Crippen molar-refractivity contribution in [3.8, 4) is 0 Å². The zero-order chi connectivity index (χ0) is 13.4. The summed E-state index contributed by atoms with van der Waals surface area (Å²) in [5.41, 5.74) is 0.802. The van der Waals surface area contributed by atoms with E-state index in [9.17, 15) is 4.79 Å². The number of halogens is 1. The summed E-state index contributed by atoms with van der Waals surface area (Å²) in [5, 5.41) is 7.53. The molecular weight excluding hydrogens is 302 g/mol. The minimum absolute atomic E-state index is 0.0692. The fourth-order valence-corrected chi connectivity index (χ4v) is 2.77. The van der Waals surface area contributed by atoms with Crippen LogP contribution < -0.4 is 5.32 Å². The molecule has 3 rings (SSSR count). The molecular formula is C16H12BrNO. The summed E-state index contributed by atoms with van der Waals surface area (Å²) < 4.78 is 0.894. The Morgan fingerprint density at radius 2 is 1.74 bits per heavy atom. The second-order valence-electron chi connectivity index (χ2n) is 4.52. The SMILES string of the molecule is CC(=O)Nc1cc2c(ccc3ccccc32)cc1Br. The van der Waals surface area contributed by atoms with Crippen LogP contribution >= 0.6 is 15.9 Å². The molecule has 3 aromatic carbocycles. The normalized spacial score (nSPS) is 10.8. The number of hydrogen-bond acceptors (Lipinski definition) is 1. The number of fused-ring (bicyclic) bond motifs is 3. The van der Waals surface area contributed by atoms with Gasteiger partial charge >= 0.3 is 0 Å². The molecule has 0 aliphatic heterocycles. The molecule has 0 heterocycles. The molecule has 3 aromatic rings. The molecule has 2 nitrogen and oxygen atoms in total. The lowest BCUT2D eigenvalue weighted by Crippen LogP contribution is -2.06. The van der Waals surface area contributed by atoms with Crippen LogP contribution in [0.2, 0.25) is 0 Å². The minimum Gasteiger partial charge on any atom is -0.325 e. The number of carbonyl (C=O) groups is 1. The monoisotopic (exact) mass is 313 g/mol. The molecule has 0 radical (unpaired) electrons. The van der Waals surface area contributed by atoms with Crippen LogP contribution in [-0.2, 0) is 4.79 Å². The number of benzene rings is 3. The second-order valence-corrected chi connectivity index (χ2v) is 5.38. The molecule has 0 aliphatic rings. The zero-order valence-corrected chi connectivity index (χ0v) is 12.0. The zero-order valence-electron chi connectivity index (χ0n) is 10.4. The maximum atomic E-state index is 11.2. The number of amides is 1. The summed E-state index contributed by atoms with van der Waals surface area (Å²) in [6.45, 7) is 1.51. The highest BCUT2D eigenvalue weighted by Crippen LogP contribution is 2.32. The molecule has 0 spiro atoms. The van der Waals surface area contributed by atoms with E-state index in [-0.39, 0.29) is 5.91 Å². The number of carbonyl (C=O) groups excluding carboxylic acids is 1. The maximum absolute atomic E-state index is 11.2. The van der Waals surface area contributed by atoms with Gasteiger partial charge in [0.1, 0.15) is 0 Å². The quantitative estimate of drug-likeness (QED) is 0.647. The molecule has 0 unspecified atom stereocenters. The lowest BCUT2D eigenvalue weighted by atomic mass is 10.0. The minimum atomic E-state index is -0.0692. The van der Waals surface area contributed by atoms with Crippen LogP contribution in [0.3, 0.4) is 0 Å². The van der Waals surface area contributed by atoms with Crippen molar-refractivity contribution in [3.63, 3.8) is 0 Å². The standard InChI is InChI=1S/C16H12BrNO/c1-10(19)18-16-9-14-12(8-15(16)17)7-6-11-4-2-3-5-13(11)14/h2-9H,1H3,(H,18,19). The Morgan fingerprint density at radius 1 is 1.00 bits per heavy atom. The first-order valence-electron chi connectivity index (χ1n) is 6.04. The summed E-state index contributed by atoms with van der Waals surface area (Å²) in [6, 6.07) is 16.5.